The van der Waals surface area contributed by atoms with Crippen molar-refractivity contribution in [2.45, 2.75) is 45.2 Å². The highest BCUT2D eigenvalue weighted by molar-refractivity contribution is 5.40. The topological polar surface area (TPSA) is 0 Å². The molecule has 0 aromatic heterocycles. The lowest BCUT2D eigenvalue weighted by molar-refractivity contribution is -0.142. The van der Waals surface area contributed by atoms with E-state index in [2.05, 4.69) is 18.8 Å². The smallest absolute Gasteiger partial charge is 0.206 e. The van der Waals surface area contributed by atoms with Crippen LogP contribution >= 0.6 is 0 Å². The predicted molar refractivity (Wildman–Crippen MR) is 83.1 cm³/mol. The van der Waals surface area contributed by atoms with Gasteiger partial charge in [-0.25, -0.2) is 8.78 Å². The van der Waals surface area contributed by atoms with Gasteiger partial charge in [0.1, 0.15) is 17.2 Å². The zero-order chi connectivity index (χ0) is 17.7. The minimum Gasteiger partial charge on any atom is -0.206 e. The van der Waals surface area contributed by atoms with E-state index in [-0.39, 0.29) is 5.56 Å². The van der Waals surface area contributed by atoms with E-state index < -0.39 is 23.4 Å². The molecule has 0 nitrogen and oxygen atoms in total. The van der Waals surface area contributed by atoms with E-state index >= 15 is 0 Å². The number of rotatable bonds is 2. The zero-order valence-corrected chi connectivity index (χ0v) is 13.4. The number of hydrogen-bond acceptors (Lipinski definition) is 0. The van der Waals surface area contributed by atoms with Crippen LogP contribution in [-0.2, 0) is 6.18 Å². The Kier molecular flexibility index (Phi) is 6.04. The van der Waals surface area contributed by atoms with Crippen molar-refractivity contribution >= 4 is 0 Å². The Morgan fingerprint density at radius 1 is 1.08 bits per heavy atom. The number of allylic oxidation sites excluding steroid dienone is 2. The Hall–Kier alpha value is -1.83. The van der Waals surface area contributed by atoms with Crippen molar-refractivity contribution in [3.05, 3.63) is 47.0 Å². The van der Waals surface area contributed by atoms with E-state index in [1.807, 2.05) is 6.08 Å². The van der Waals surface area contributed by atoms with E-state index in [1.54, 1.807) is 6.08 Å². The molecule has 2 rings (SSSR count). The van der Waals surface area contributed by atoms with Gasteiger partial charge in [0.2, 0.25) is 0 Å². The molecule has 1 aliphatic rings. The summed E-state index contributed by atoms with van der Waals surface area (Å²) < 4.78 is 64.3. The highest BCUT2D eigenvalue weighted by Crippen LogP contribution is 2.34. The molecular formula is C19H19F5. The van der Waals surface area contributed by atoms with E-state index in [0.29, 0.717) is 18.1 Å². The van der Waals surface area contributed by atoms with Crippen molar-refractivity contribution in [3.63, 3.8) is 0 Å². The first kappa shape index (κ1) is 18.5. The Morgan fingerprint density at radius 2 is 1.67 bits per heavy atom. The highest BCUT2D eigenvalue weighted by Gasteiger charge is 2.37. The van der Waals surface area contributed by atoms with Crippen molar-refractivity contribution < 1.29 is 22.0 Å². The van der Waals surface area contributed by atoms with Crippen LogP contribution in [0.25, 0.3) is 0 Å². The van der Waals surface area contributed by atoms with Gasteiger partial charge in [-0.3, -0.25) is 0 Å². The second kappa shape index (κ2) is 7.83. The number of benzene rings is 1. The summed E-state index contributed by atoms with van der Waals surface area (Å²) >= 11 is 0. The minimum atomic E-state index is -5.06. The van der Waals surface area contributed by atoms with Crippen molar-refractivity contribution in [3.8, 4) is 11.8 Å². The lowest BCUT2D eigenvalue weighted by Gasteiger charge is -2.25. The lowest BCUT2D eigenvalue weighted by atomic mass is 9.81. The standard InChI is InChI=1S/C19H19F5/c1-2-13-7-9-14(10-8-13)5-3-4-6-15-11-16(20)18(17(21)12-15)19(22,23)24/h3,5,11-14H,2,7-10H2,1H3/b5-3+. The maximum atomic E-state index is 13.4. The van der Waals surface area contributed by atoms with Crippen LogP contribution in [0.4, 0.5) is 22.0 Å². The van der Waals surface area contributed by atoms with Gasteiger partial charge < -0.3 is 0 Å². The Bertz CT molecular complexity index is 630. The van der Waals surface area contributed by atoms with E-state index in [4.69, 9.17) is 0 Å². The second-order valence-electron chi connectivity index (χ2n) is 6.13. The molecule has 0 unspecified atom stereocenters. The average molecular weight is 342 g/mol. The summed E-state index contributed by atoms with van der Waals surface area (Å²) in [5, 5.41) is 0. The van der Waals surface area contributed by atoms with Crippen LogP contribution in [0.1, 0.15) is 50.2 Å². The monoisotopic (exact) mass is 342 g/mol. The molecule has 0 radical (unpaired) electrons. The summed E-state index contributed by atoms with van der Waals surface area (Å²) in [6.07, 6.45) is 4.29. The summed E-state index contributed by atoms with van der Waals surface area (Å²) in [5.74, 6) is 3.07. The molecule has 24 heavy (non-hydrogen) atoms. The third-order valence-corrected chi connectivity index (χ3v) is 4.46. The van der Waals surface area contributed by atoms with Crippen LogP contribution in [0.3, 0.4) is 0 Å². The predicted octanol–water partition coefficient (Wildman–Crippen LogP) is 6.11. The maximum absolute atomic E-state index is 13.4. The summed E-state index contributed by atoms with van der Waals surface area (Å²) in [5.41, 5.74) is -1.99. The Morgan fingerprint density at radius 3 is 2.17 bits per heavy atom. The molecule has 0 amide bonds. The normalized spacial score (nSPS) is 21.6. The number of hydrogen-bond donors (Lipinski definition) is 0. The molecule has 5 heteroatoms. The lowest BCUT2D eigenvalue weighted by Crippen LogP contribution is -2.12. The second-order valence-corrected chi connectivity index (χ2v) is 6.13. The fourth-order valence-electron chi connectivity index (χ4n) is 3.01. The molecule has 0 heterocycles. The van der Waals surface area contributed by atoms with Gasteiger partial charge in [-0.2, -0.15) is 13.2 Å². The molecule has 1 fully saturated rings. The molecular weight excluding hydrogens is 323 g/mol. The minimum absolute atomic E-state index is 0.114. The molecule has 1 aliphatic carbocycles. The Balaban J connectivity index is 2.03. The fraction of sp³-hybridized carbons (Fsp3) is 0.474. The average Bonchev–Trinajstić information content (AvgIpc) is 2.50. The fourth-order valence-corrected chi connectivity index (χ4v) is 3.01. The van der Waals surface area contributed by atoms with Crippen LogP contribution in [-0.4, -0.2) is 0 Å². The largest absolute Gasteiger partial charge is 0.422 e. The molecule has 1 aromatic carbocycles. The zero-order valence-electron chi connectivity index (χ0n) is 13.4. The first-order valence-corrected chi connectivity index (χ1v) is 8.05. The molecule has 0 aliphatic heterocycles. The third kappa shape index (κ3) is 4.83. The summed E-state index contributed by atoms with van der Waals surface area (Å²) in [4.78, 5) is 0. The molecule has 1 aromatic rings. The first-order valence-electron chi connectivity index (χ1n) is 8.05. The van der Waals surface area contributed by atoms with Gasteiger partial charge in [-0.15, -0.1) is 0 Å². The maximum Gasteiger partial charge on any atom is 0.422 e. The van der Waals surface area contributed by atoms with Crippen molar-refractivity contribution in [2.24, 2.45) is 11.8 Å². The molecule has 0 bridgehead atoms. The number of alkyl halides is 3. The SMILES string of the molecule is CCC1CCC(/C=C/C#Cc2cc(F)c(C(F)(F)F)c(F)c2)CC1. The summed E-state index contributed by atoms with van der Waals surface area (Å²) in [7, 11) is 0. The van der Waals surface area contributed by atoms with Gasteiger partial charge in [0, 0.05) is 5.56 Å². The van der Waals surface area contributed by atoms with Crippen molar-refractivity contribution in [1.29, 1.82) is 0 Å². The van der Waals surface area contributed by atoms with Gasteiger partial charge in [-0.1, -0.05) is 31.3 Å². The first-order chi connectivity index (χ1) is 11.3. The van der Waals surface area contributed by atoms with Crippen LogP contribution in [0.2, 0.25) is 0 Å². The molecule has 0 saturated heterocycles. The summed E-state index contributed by atoms with van der Waals surface area (Å²) in [6, 6.07) is 1.22. The van der Waals surface area contributed by atoms with Gasteiger partial charge >= 0.3 is 6.18 Å². The van der Waals surface area contributed by atoms with Crippen molar-refractivity contribution in [2.75, 3.05) is 0 Å². The van der Waals surface area contributed by atoms with Gasteiger partial charge in [-0.05, 0) is 55.7 Å². The quantitative estimate of drug-likeness (QED) is 0.449. The molecule has 130 valence electrons. The third-order valence-electron chi connectivity index (χ3n) is 4.46. The van der Waals surface area contributed by atoms with Crippen LogP contribution in [0.15, 0.2) is 24.3 Å². The molecule has 0 N–H and O–H groups in total. The van der Waals surface area contributed by atoms with Gasteiger partial charge in [0.05, 0.1) is 0 Å². The molecule has 0 spiro atoms. The van der Waals surface area contributed by atoms with E-state index in [9.17, 15) is 22.0 Å². The summed E-state index contributed by atoms with van der Waals surface area (Å²) in [6.45, 7) is 2.19. The molecule has 1 saturated carbocycles. The van der Waals surface area contributed by atoms with Gasteiger partial charge in [0.25, 0.3) is 0 Å². The van der Waals surface area contributed by atoms with E-state index in [0.717, 1.165) is 18.8 Å². The van der Waals surface area contributed by atoms with E-state index in [1.165, 1.54) is 19.3 Å². The van der Waals surface area contributed by atoms with Gasteiger partial charge in [0.15, 0.2) is 0 Å². The van der Waals surface area contributed by atoms with Crippen LogP contribution in [0, 0.1) is 35.3 Å². The highest BCUT2D eigenvalue weighted by atomic mass is 19.4. The van der Waals surface area contributed by atoms with Crippen LogP contribution in [0.5, 0.6) is 0 Å². The molecule has 0 atom stereocenters. The van der Waals surface area contributed by atoms with Crippen LogP contribution < -0.4 is 0 Å². The number of halogens is 5. The van der Waals surface area contributed by atoms with Crippen molar-refractivity contribution in [1.82, 2.24) is 0 Å². The Labute approximate surface area is 138 Å².